The van der Waals surface area contributed by atoms with E-state index in [2.05, 4.69) is 10.3 Å². The van der Waals surface area contributed by atoms with Crippen molar-refractivity contribution in [2.45, 2.75) is 13.0 Å². The zero-order chi connectivity index (χ0) is 17.1. The van der Waals surface area contributed by atoms with Gasteiger partial charge in [0.25, 0.3) is 11.6 Å². The molecule has 1 saturated heterocycles. The molecule has 24 heavy (non-hydrogen) atoms. The summed E-state index contributed by atoms with van der Waals surface area (Å²) in [4.78, 5) is 28.9. The maximum atomic E-state index is 12.3. The van der Waals surface area contributed by atoms with Gasteiger partial charge in [-0.25, -0.2) is 4.98 Å². The molecule has 2 heterocycles. The highest BCUT2D eigenvalue weighted by Crippen LogP contribution is 2.25. The predicted molar refractivity (Wildman–Crippen MR) is 89.7 cm³/mol. The second-order valence-electron chi connectivity index (χ2n) is 5.26. The molecule has 0 atom stereocenters. The summed E-state index contributed by atoms with van der Waals surface area (Å²) in [6.45, 7) is 3.71. The van der Waals surface area contributed by atoms with Crippen LogP contribution in [0, 0.1) is 10.1 Å². The van der Waals surface area contributed by atoms with Gasteiger partial charge in [-0.3, -0.25) is 14.9 Å². The summed E-state index contributed by atoms with van der Waals surface area (Å²) >= 11 is 1.33. The zero-order valence-electron chi connectivity index (χ0n) is 13.0. The molecule has 0 aliphatic carbocycles. The third-order valence-corrected chi connectivity index (χ3v) is 4.47. The number of nitro groups is 1. The zero-order valence-corrected chi connectivity index (χ0v) is 13.8. The molecule has 1 N–H and O–H groups in total. The Labute approximate surface area is 142 Å². The first kappa shape index (κ1) is 16.2. The first-order valence-electron chi connectivity index (χ1n) is 7.47. The maximum absolute atomic E-state index is 12.3. The van der Waals surface area contributed by atoms with Gasteiger partial charge in [-0.1, -0.05) is 11.3 Å². The number of carbonyl (C=O) groups excluding carboxylic acids is 1. The van der Waals surface area contributed by atoms with Crippen molar-refractivity contribution in [2.75, 3.05) is 25.0 Å². The third-order valence-electron chi connectivity index (χ3n) is 3.53. The summed E-state index contributed by atoms with van der Waals surface area (Å²) in [5.74, 6) is 0.505. The Hall–Kier alpha value is -2.68. The minimum Gasteiger partial charge on any atom is -0.487 e. The predicted octanol–water partition coefficient (Wildman–Crippen LogP) is 2.39. The Morgan fingerprint density at radius 3 is 2.79 bits per heavy atom. The number of amides is 1. The topological polar surface area (TPSA) is 97.6 Å². The summed E-state index contributed by atoms with van der Waals surface area (Å²) in [5, 5.41) is 14.4. The van der Waals surface area contributed by atoms with Crippen LogP contribution < -0.4 is 10.1 Å². The molecule has 0 radical (unpaired) electrons. The molecular weight excluding hydrogens is 332 g/mol. The van der Waals surface area contributed by atoms with E-state index >= 15 is 0 Å². The van der Waals surface area contributed by atoms with Gasteiger partial charge in [-0.05, 0) is 19.1 Å². The third kappa shape index (κ3) is 3.46. The van der Waals surface area contributed by atoms with Crippen LogP contribution in [0.1, 0.15) is 16.6 Å². The van der Waals surface area contributed by atoms with E-state index < -0.39 is 4.92 Å². The molecule has 2 aromatic rings. The Morgan fingerprint density at radius 2 is 2.17 bits per heavy atom. The number of benzene rings is 1. The molecule has 8 nitrogen and oxygen atoms in total. The molecule has 1 aliphatic rings. The second kappa shape index (κ2) is 6.83. The lowest BCUT2D eigenvalue weighted by molar-refractivity contribution is -0.384. The van der Waals surface area contributed by atoms with Gasteiger partial charge >= 0.3 is 0 Å². The van der Waals surface area contributed by atoms with Gasteiger partial charge < -0.3 is 15.0 Å². The molecule has 126 valence electrons. The summed E-state index contributed by atoms with van der Waals surface area (Å²) in [5.41, 5.74) is 0.0226. The number of anilines is 1. The molecular formula is C15H16N4O4S. The van der Waals surface area contributed by atoms with Gasteiger partial charge in [0.15, 0.2) is 5.13 Å². The van der Waals surface area contributed by atoms with Crippen molar-refractivity contribution in [3.63, 3.8) is 0 Å². The fourth-order valence-corrected chi connectivity index (χ4v) is 3.13. The molecule has 0 unspecified atom stereocenters. The van der Waals surface area contributed by atoms with Crippen LogP contribution in [-0.2, 0) is 0 Å². The number of nitrogens with zero attached hydrogens (tertiary/aromatic N) is 3. The van der Waals surface area contributed by atoms with Crippen LogP contribution in [0.5, 0.6) is 5.75 Å². The van der Waals surface area contributed by atoms with Gasteiger partial charge in [0.05, 0.1) is 24.2 Å². The molecule has 9 heteroatoms. The Balaban J connectivity index is 1.51. The number of hydrogen-bond acceptors (Lipinski definition) is 7. The fourth-order valence-electron chi connectivity index (χ4n) is 2.28. The van der Waals surface area contributed by atoms with Crippen molar-refractivity contribution in [1.82, 2.24) is 9.88 Å². The monoisotopic (exact) mass is 348 g/mol. The smallest absolute Gasteiger partial charge is 0.269 e. The number of hydrogen-bond donors (Lipinski definition) is 1. The van der Waals surface area contributed by atoms with Crippen LogP contribution >= 0.6 is 11.3 Å². The second-order valence-corrected chi connectivity index (χ2v) is 6.29. The number of nitro benzene ring substituents is 1. The van der Waals surface area contributed by atoms with Crippen molar-refractivity contribution < 1.29 is 14.5 Å². The highest BCUT2D eigenvalue weighted by atomic mass is 32.1. The van der Waals surface area contributed by atoms with Crippen LogP contribution in [0.2, 0.25) is 0 Å². The van der Waals surface area contributed by atoms with E-state index in [1.165, 1.54) is 23.5 Å². The van der Waals surface area contributed by atoms with Crippen LogP contribution in [0.15, 0.2) is 30.5 Å². The average Bonchev–Trinajstić information content (AvgIpc) is 2.99. The average molecular weight is 348 g/mol. The number of ether oxygens (including phenoxy) is 1. The summed E-state index contributed by atoms with van der Waals surface area (Å²) in [6.07, 6.45) is 1.48. The van der Waals surface area contributed by atoms with E-state index in [4.69, 9.17) is 4.74 Å². The minimum absolute atomic E-state index is 0.0226. The van der Waals surface area contributed by atoms with E-state index in [0.717, 1.165) is 11.7 Å². The van der Waals surface area contributed by atoms with Gasteiger partial charge in [0, 0.05) is 18.7 Å². The molecule has 3 rings (SSSR count). The molecule has 1 aromatic heterocycles. The summed E-state index contributed by atoms with van der Waals surface area (Å²) in [7, 11) is 0. The number of non-ortho nitro benzene ring substituents is 1. The number of rotatable bonds is 6. The van der Waals surface area contributed by atoms with Crippen molar-refractivity contribution in [3.8, 4) is 5.75 Å². The largest absolute Gasteiger partial charge is 0.487 e. The van der Waals surface area contributed by atoms with E-state index in [-0.39, 0.29) is 17.7 Å². The van der Waals surface area contributed by atoms with Crippen molar-refractivity contribution >= 4 is 28.1 Å². The lowest BCUT2D eigenvalue weighted by atomic mass is 10.1. The molecule has 1 aromatic carbocycles. The quantitative estimate of drug-likeness (QED) is 0.636. The minimum atomic E-state index is -0.454. The van der Waals surface area contributed by atoms with Gasteiger partial charge in [0.2, 0.25) is 0 Å². The Bertz CT molecular complexity index is 740. The van der Waals surface area contributed by atoms with E-state index in [0.29, 0.717) is 23.7 Å². The van der Waals surface area contributed by atoms with Gasteiger partial charge in [-0.2, -0.15) is 0 Å². The molecule has 0 saturated carbocycles. The number of likely N-dealkylation sites (tertiary alicyclic amines) is 1. The normalized spacial score (nSPS) is 14.1. The molecule has 0 spiro atoms. The van der Waals surface area contributed by atoms with E-state index in [1.54, 1.807) is 23.2 Å². The lowest BCUT2D eigenvalue weighted by Gasteiger charge is -2.38. The Kier molecular flexibility index (Phi) is 4.61. The molecule has 1 fully saturated rings. The fraction of sp³-hybridized carbons (Fsp3) is 0.333. The Morgan fingerprint density at radius 1 is 1.46 bits per heavy atom. The highest BCUT2D eigenvalue weighted by molar-refractivity contribution is 7.17. The number of nitrogens with one attached hydrogen (secondary N) is 1. The van der Waals surface area contributed by atoms with Crippen molar-refractivity contribution in [1.29, 1.82) is 0 Å². The molecule has 1 aliphatic heterocycles. The summed E-state index contributed by atoms with van der Waals surface area (Å²) < 4.78 is 5.70. The van der Waals surface area contributed by atoms with Crippen LogP contribution in [-0.4, -0.2) is 46.5 Å². The van der Waals surface area contributed by atoms with Crippen LogP contribution in [0.4, 0.5) is 10.8 Å². The summed E-state index contributed by atoms with van der Waals surface area (Å²) in [6, 6.07) is 5.93. The van der Waals surface area contributed by atoms with Gasteiger partial charge in [0.1, 0.15) is 16.7 Å². The van der Waals surface area contributed by atoms with Crippen molar-refractivity contribution in [2.24, 2.45) is 0 Å². The first-order valence-corrected chi connectivity index (χ1v) is 8.28. The SMILES string of the molecule is CCNc1ncc(C(=O)N2CC(Oc3ccc([N+](=O)[O-])cc3)C2)s1. The van der Waals surface area contributed by atoms with E-state index in [1.807, 2.05) is 6.92 Å². The van der Waals surface area contributed by atoms with Gasteiger partial charge in [-0.15, -0.1) is 0 Å². The first-order chi connectivity index (χ1) is 11.6. The molecule has 1 amide bonds. The van der Waals surface area contributed by atoms with Crippen molar-refractivity contribution in [3.05, 3.63) is 45.5 Å². The highest BCUT2D eigenvalue weighted by Gasteiger charge is 2.33. The van der Waals surface area contributed by atoms with E-state index in [9.17, 15) is 14.9 Å². The number of thiazole rings is 1. The number of aromatic nitrogens is 1. The standard InChI is InChI=1S/C15H16N4O4S/c1-2-16-15-17-7-13(24-15)14(20)18-8-12(9-18)23-11-5-3-10(4-6-11)19(21)22/h3-7,12H,2,8-9H2,1H3,(H,16,17). The maximum Gasteiger partial charge on any atom is 0.269 e. The molecule has 0 bridgehead atoms. The number of carbonyl (C=O) groups is 1. The van der Waals surface area contributed by atoms with Crippen LogP contribution in [0.3, 0.4) is 0 Å². The lowest BCUT2D eigenvalue weighted by Crippen LogP contribution is -2.56. The van der Waals surface area contributed by atoms with Crippen LogP contribution in [0.25, 0.3) is 0 Å².